The molecule has 0 N–H and O–H groups in total. The van der Waals surface area contributed by atoms with E-state index in [1.807, 2.05) is 0 Å². The average Bonchev–Trinajstić information content (AvgIpc) is 3.35. The van der Waals surface area contributed by atoms with Gasteiger partial charge in [-0.3, -0.25) is 0 Å². The van der Waals surface area contributed by atoms with Gasteiger partial charge in [0.05, 0.1) is 11.0 Å². The topological polar surface area (TPSA) is 4.93 Å². The molecule has 40 heavy (non-hydrogen) atoms. The number of benzene rings is 6. The van der Waals surface area contributed by atoms with Gasteiger partial charge in [-0.1, -0.05) is 133 Å². The summed E-state index contributed by atoms with van der Waals surface area (Å²) >= 11 is 0. The summed E-state index contributed by atoms with van der Waals surface area (Å²) in [5.41, 5.74) is 12.3. The lowest BCUT2D eigenvalue weighted by molar-refractivity contribution is 1.18. The van der Waals surface area contributed by atoms with Crippen LogP contribution in [0.4, 0.5) is 0 Å². The maximum atomic E-state index is 2.36. The zero-order valence-electron chi connectivity index (χ0n) is 22.5. The molecule has 0 fully saturated rings. The molecular weight excluding hydrogens is 482 g/mol. The Bertz CT molecular complexity index is 1930. The molecular formula is C39H29N. The first kappa shape index (κ1) is 23.9. The second-order valence-electron chi connectivity index (χ2n) is 10.3. The smallest absolute Gasteiger partial charge is 0.0541 e. The van der Waals surface area contributed by atoms with Crippen LogP contribution in [0.25, 0.3) is 61.9 Å². The van der Waals surface area contributed by atoms with Crippen LogP contribution in [0.3, 0.4) is 0 Å². The van der Waals surface area contributed by atoms with Crippen molar-refractivity contribution in [1.82, 2.24) is 4.57 Å². The molecule has 7 aromatic rings. The lowest BCUT2D eigenvalue weighted by Crippen LogP contribution is -1.93. The molecule has 0 aliphatic rings. The summed E-state index contributed by atoms with van der Waals surface area (Å²) < 4.78 is 2.36. The highest BCUT2D eigenvalue weighted by Gasteiger charge is 2.11. The standard InChI is InChI=1S/C39H29N/c1-28-10-2-4-12-34(28)35-13-5-3-11-32(35)23-20-29-18-21-30(22-19-29)31-24-26-33(27-25-31)40-38-16-8-6-14-36(38)37-15-7-9-17-39(37)40/h2-27H,1H3/b23-20+. The summed E-state index contributed by atoms with van der Waals surface area (Å²) in [6.07, 6.45) is 4.42. The lowest BCUT2D eigenvalue weighted by atomic mass is 9.95. The Morgan fingerprint density at radius 2 is 0.975 bits per heavy atom. The van der Waals surface area contributed by atoms with Crippen LogP contribution >= 0.6 is 0 Å². The van der Waals surface area contributed by atoms with Gasteiger partial charge in [0.15, 0.2) is 0 Å². The second kappa shape index (κ2) is 10.2. The van der Waals surface area contributed by atoms with Crippen molar-refractivity contribution in [2.24, 2.45) is 0 Å². The van der Waals surface area contributed by atoms with E-state index in [0.29, 0.717) is 0 Å². The number of nitrogens with zero attached hydrogens (tertiary/aromatic N) is 1. The zero-order valence-corrected chi connectivity index (χ0v) is 22.5. The van der Waals surface area contributed by atoms with Crippen molar-refractivity contribution in [3.63, 3.8) is 0 Å². The van der Waals surface area contributed by atoms with Gasteiger partial charge >= 0.3 is 0 Å². The van der Waals surface area contributed by atoms with Crippen molar-refractivity contribution < 1.29 is 0 Å². The van der Waals surface area contributed by atoms with Crippen molar-refractivity contribution >= 4 is 34.0 Å². The number of aromatic nitrogens is 1. The zero-order chi connectivity index (χ0) is 26.9. The minimum atomic E-state index is 1.17. The minimum Gasteiger partial charge on any atom is -0.309 e. The predicted molar refractivity (Wildman–Crippen MR) is 172 cm³/mol. The number of aryl methyl sites for hydroxylation is 1. The molecule has 7 rings (SSSR count). The Labute approximate surface area is 235 Å². The number of para-hydroxylation sites is 2. The first-order valence-electron chi connectivity index (χ1n) is 13.8. The average molecular weight is 512 g/mol. The van der Waals surface area contributed by atoms with Crippen LogP contribution in [0.5, 0.6) is 0 Å². The number of hydrogen-bond acceptors (Lipinski definition) is 0. The van der Waals surface area contributed by atoms with Gasteiger partial charge in [0.1, 0.15) is 0 Å². The van der Waals surface area contributed by atoms with Crippen molar-refractivity contribution in [2.45, 2.75) is 6.92 Å². The monoisotopic (exact) mass is 511 g/mol. The van der Waals surface area contributed by atoms with Gasteiger partial charge in [-0.05, 0) is 70.1 Å². The van der Waals surface area contributed by atoms with E-state index in [0.717, 1.165) is 0 Å². The molecule has 0 atom stereocenters. The molecule has 6 aromatic carbocycles. The van der Waals surface area contributed by atoms with Crippen molar-refractivity contribution in [3.05, 3.63) is 162 Å². The van der Waals surface area contributed by atoms with Crippen LogP contribution in [-0.4, -0.2) is 4.57 Å². The molecule has 1 heterocycles. The van der Waals surface area contributed by atoms with Gasteiger partial charge in [0.25, 0.3) is 0 Å². The van der Waals surface area contributed by atoms with Crippen LogP contribution in [-0.2, 0) is 0 Å². The predicted octanol–water partition coefficient (Wildman–Crippen LogP) is 10.6. The van der Waals surface area contributed by atoms with Crippen molar-refractivity contribution in [1.29, 1.82) is 0 Å². The van der Waals surface area contributed by atoms with Crippen molar-refractivity contribution in [2.75, 3.05) is 0 Å². The van der Waals surface area contributed by atoms with Gasteiger partial charge in [0, 0.05) is 16.5 Å². The normalized spacial score (nSPS) is 11.5. The molecule has 0 aliphatic heterocycles. The molecule has 0 saturated carbocycles. The highest BCUT2D eigenvalue weighted by atomic mass is 15.0. The third-order valence-electron chi connectivity index (χ3n) is 7.80. The van der Waals surface area contributed by atoms with Gasteiger partial charge in [0.2, 0.25) is 0 Å². The molecule has 0 aliphatic carbocycles. The van der Waals surface area contributed by atoms with E-state index < -0.39 is 0 Å². The van der Waals surface area contributed by atoms with Gasteiger partial charge in [-0.25, -0.2) is 0 Å². The summed E-state index contributed by atoms with van der Waals surface area (Å²) in [4.78, 5) is 0. The largest absolute Gasteiger partial charge is 0.309 e. The molecule has 0 bridgehead atoms. The van der Waals surface area contributed by atoms with Crippen molar-refractivity contribution in [3.8, 4) is 27.9 Å². The Hall–Kier alpha value is -5.14. The summed E-state index contributed by atoms with van der Waals surface area (Å²) in [5.74, 6) is 0. The van der Waals surface area contributed by atoms with Gasteiger partial charge < -0.3 is 4.57 Å². The maximum Gasteiger partial charge on any atom is 0.0541 e. The van der Waals surface area contributed by atoms with Gasteiger partial charge in [-0.2, -0.15) is 0 Å². The fourth-order valence-corrected chi connectivity index (χ4v) is 5.74. The molecule has 0 amide bonds. The molecule has 190 valence electrons. The van der Waals surface area contributed by atoms with Crippen LogP contribution in [0.2, 0.25) is 0 Å². The fourth-order valence-electron chi connectivity index (χ4n) is 5.74. The Kier molecular flexibility index (Phi) is 6.11. The summed E-state index contributed by atoms with van der Waals surface area (Å²) in [6, 6.07) is 52.2. The number of rotatable bonds is 5. The van der Waals surface area contributed by atoms with E-state index >= 15 is 0 Å². The second-order valence-corrected chi connectivity index (χ2v) is 10.3. The SMILES string of the molecule is Cc1ccccc1-c1ccccc1/C=C/c1ccc(-c2ccc(-n3c4ccccc4c4ccccc43)cc2)cc1. The van der Waals surface area contributed by atoms with E-state index in [-0.39, 0.29) is 0 Å². The Morgan fingerprint density at radius 1 is 0.450 bits per heavy atom. The molecule has 1 aromatic heterocycles. The Balaban J connectivity index is 1.16. The third kappa shape index (κ3) is 4.32. The number of hydrogen-bond donors (Lipinski definition) is 0. The molecule has 0 radical (unpaired) electrons. The van der Waals surface area contributed by atoms with Crippen LogP contribution < -0.4 is 0 Å². The van der Waals surface area contributed by atoms with E-state index in [4.69, 9.17) is 0 Å². The lowest BCUT2D eigenvalue weighted by Gasteiger charge is -2.10. The summed E-state index contributed by atoms with van der Waals surface area (Å²) in [6.45, 7) is 2.17. The van der Waals surface area contributed by atoms with Crippen LogP contribution in [0, 0.1) is 6.92 Å². The van der Waals surface area contributed by atoms with Gasteiger partial charge in [-0.15, -0.1) is 0 Å². The van der Waals surface area contributed by atoms with E-state index in [1.54, 1.807) is 0 Å². The van der Waals surface area contributed by atoms with E-state index in [2.05, 4.69) is 169 Å². The summed E-state index contributed by atoms with van der Waals surface area (Å²) in [7, 11) is 0. The summed E-state index contributed by atoms with van der Waals surface area (Å²) in [5, 5.41) is 2.57. The highest BCUT2D eigenvalue weighted by molar-refractivity contribution is 6.09. The van der Waals surface area contributed by atoms with Crippen LogP contribution in [0.15, 0.2) is 146 Å². The quantitative estimate of drug-likeness (QED) is 0.203. The van der Waals surface area contributed by atoms with Crippen LogP contribution in [0.1, 0.15) is 16.7 Å². The fraction of sp³-hybridized carbons (Fsp3) is 0.0256. The Morgan fingerprint density at radius 3 is 1.62 bits per heavy atom. The molecule has 1 nitrogen and oxygen atoms in total. The molecule has 0 spiro atoms. The first-order valence-corrected chi connectivity index (χ1v) is 13.8. The highest BCUT2D eigenvalue weighted by Crippen LogP contribution is 2.33. The molecule has 0 saturated heterocycles. The number of fused-ring (bicyclic) bond motifs is 3. The molecule has 1 heteroatoms. The third-order valence-corrected chi connectivity index (χ3v) is 7.80. The van der Waals surface area contributed by atoms with E-state index in [1.165, 1.54) is 66.4 Å². The maximum absolute atomic E-state index is 2.36. The first-order chi connectivity index (χ1) is 19.8. The van der Waals surface area contributed by atoms with E-state index in [9.17, 15) is 0 Å². The molecule has 0 unspecified atom stereocenters. The minimum absolute atomic E-state index is 1.17.